The average Bonchev–Trinajstić information content (AvgIpc) is 2.90. The molecule has 0 atom stereocenters. The third-order valence-corrected chi connectivity index (χ3v) is 2.52. The molecular weight excluding hydrogens is 232 g/mol. The molecule has 0 aromatic carbocycles. The first-order valence-corrected chi connectivity index (χ1v) is 5.67. The number of aryl methyl sites for hydroxylation is 1. The number of ketones is 1. The molecule has 0 aliphatic rings. The number of ether oxygens (including phenoxy) is 1. The second kappa shape index (κ2) is 5.95. The Morgan fingerprint density at radius 1 is 1.44 bits per heavy atom. The summed E-state index contributed by atoms with van der Waals surface area (Å²) in [6, 6.07) is 5.35. The van der Waals surface area contributed by atoms with Gasteiger partial charge in [0.25, 0.3) is 0 Å². The number of nitrogens with zero attached hydrogens (tertiary/aromatic N) is 2. The van der Waals surface area contributed by atoms with Gasteiger partial charge in [-0.15, -0.1) is 0 Å². The molecule has 0 unspecified atom stereocenters. The highest BCUT2D eigenvalue weighted by Gasteiger charge is 2.07. The fourth-order valence-corrected chi connectivity index (χ4v) is 1.59. The Balaban J connectivity index is 1.86. The van der Waals surface area contributed by atoms with Crippen LogP contribution in [0.3, 0.4) is 0 Å². The predicted octanol–water partition coefficient (Wildman–Crippen LogP) is 1.82. The monoisotopic (exact) mass is 246 g/mol. The van der Waals surface area contributed by atoms with Crippen molar-refractivity contribution in [2.45, 2.75) is 19.3 Å². The SMILES string of the molecule is COc1cc(CC(=O)CCc2ccco2)ncn1. The van der Waals surface area contributed by atoms with E-state index in [0.717, 1.165) is 5.76 Å². The van der Waals surface area contributed by atoms with Crippen molar-refractivity contribution >= 4 is 5.78 Å². The van der Waals surface area contributed by atoms with Crippen LogP contribution in [0.2, 0.25) is 0 Å². The number of rotatable bonds is 6. The molecule has 94 valence electrons. The second-order valence-corrected chi connectivity index (χ2v) is 3.85. The van der Waals surface area contributed by atoms with Gasteiger partial charge in [-0.05, 0) is 12.1 Å². The summed E-state index contributed by atoms with van der Waals surface area (Å²) in [7, 11) is 1.53. The molecule has 2 aromatic rings. The lowest BCUT2D eigenvalue weighted by molar-refractivity contribution is -0.118. The maximum Gasteiger partial charge on any atom is 0.216 e. The Hall–Kier alpha value is -2.17. The molecule has 5 nitrogen and oxygen atoms in total. The minimum Gasteiger partial charge on any atom is -0.481 e. The highest BCUT2D eigenvalue weighted by Crippen LogP contribution is 2.09. The van der Waals surface area contributed by atoms with Crippen LogP contribution in [0, 0.1) is 0 Å². The van der Waals surface area contributed by atoms with Crippen LogP contribution in [0.5, 0.6) is 5.88 Å². The second-order valence-electron chi connectivity index (χ2n) is 3.85. The molecule has 2 heterocycles. The standard InChI is InChI=1S/C13H14N2O3/c1-17-13-8-10(14-9-15-13)7-11(16)4-5-12-3-2-6-18-12/h2-3,6,8-9H,4-5,7H2,1H3. The van der Waals surface area contributed by atoms with Crippen molar-refractivity contribution in [1.29, 1.82) is 0 Å². The first kappa shape index (κ1) is 12.3. The number of furan rings is 1. The summed E-state index contributed by atoms with van der Waals surface area (Å²) in [6.45, 7) is 0. The number of carbonyl (C=O) groups is 1. The zero-order valence-corrected chi connectivity index (χ0v) is 10.1. The number of methoxy groups -OCH3 is 1. The molecule has 2 rings (SSSR count). The first-order chi connectivity index (χ1) is 8.78. The lowest BCUT2D eigenvalue weighted by Crippen LogP contribution is -2.06. The van der Waals surface area contributed by atoms with Crippen molar-refractivity contribution in [2.24, 2.45) is 0 Å². The Morgan fingerprint density at radius 3 is 3.06 bits per heavy atom. The third-order valence-electron chi connectivity index (χ3n) is 2.52. The number of carbonyl (C=O) groups excluding carboxylic acids is 1. The number of hydrogen-bond acceptors (Lipinski definition) is 5. The lowest BCUT2D eigenvalue weighted by Gasteiger charge is -2.02. The van der Waals surface area contributed by atoms with Gasteiger partial charge in [0.05, 0.1) is 19.1 Å². The summed E-state index contributed by atoms with van der Waals surface area (Å²) in [4.78, 5) is 19.7. The van der Waals surface area contributed by atoms with E-state index in [4.69, 9.17) is 9.15 Å². The maximum atomic E-state index is 11.8. The van der Waals surface area contributed by atoms with E-state index in [9.17, 15) is 4.79 Å². The molecule has 0 saturated heterocycles. The zero-order chi connectivity index (χ0) is 12.8. The summed E-state index contributed by atoms with van der Waals surface area (Å²) >= 11 is 0. The number of aromatic nitrogens is 2. The largest absolute Gasteiger partial charge is 0.481 e. The van der Waals surface area contributed by atoms with Gasteiger partial charge < -0.3 is 9.15 Å². The van der Waals surface area contributed by atoms with Gasteiger partial charge in [-0.1, -0.05) is 0 Å². The van der Waals surface area contributed by atoms with Gasteiger partial charge in [0.15, 0.2) is 0 Å². The predicted molar refractivity (Wildman–Crippen MR) is 64.3 cm³/mol. The van der Waals surface area contributed by atoms with Gasteiger partial charge in [0.2, 0.25) is 5.88 Å². The van der Waals surface area contributed by atoms with E-state index in [1.165, 1.54) is 13.4 Å². The van der Waals surface area contributed by atoms with E-state index in [1.807, 2.05) is 12.1 Å². The molecule has 0 N–H and O–H groups in total. The van der Waals surface area contributed by atoms with E-state index in [1.54, 1.807) is 12.3 Å². The van der Waals surface area contributed by atoms with Crippen molar-refractivity contribution in [3.63, 3.8) is 0 Å². The summed E-state index contributed by atoms with van der Waals surface area (Å²) in [6.07, 6.45) is 4.36. The van der Waals surface area contributed by atoms with Gasteiger partial charge in [-0.25, -0.2) is 9.97 Å². The zero-order valence-electron chi connectivity index (χ0n) is 10.1. The van der Waals surface area contributed by atoms with Crippen LogP contribution in [-0.4, -0.2) is 22.9 Å². The van der Waals surface area contributed by atoms with Crippen molar-refractivity contribution in [1.82, 2.24) is 9.97 Å². The van der Waals surface area contributed by atoms with E-state index in [2.05, 4.69) is 9.97 Å². The molecule has 0 fully saturated rings. The summed E-state index contributed by atoms with van der Waals surface area (Å²) in [5.41, 5.74) is 0.672. The van der Waals surface area contributed by atoms with Crippen LogP contribution in [0.1, 0.15) is 17.9 Å². The molecule has 0 radical (unpaired) electrons. The molecule has 2 aromatic heterocycles. The van der Waals surface area contributed by atoms with Crippen molar-refractivity contribution in [2.75, 3.05) is 7.11 Å². The molecule has 0 aliphatic carbocycles. The summed E-state index contributed by atoms with van der Waals surface area (Å²) < 4.78 is 10.2. The normalized spacial score (nSPS) is 10.3. The van der Waals surface area contributed by atoms with Crippen molar-refractivity contribution in [3.05, 3.63) is 42.2 Å². The molecule has 0 aliphatic heterocycles. The number of hydrogen-bond donors (Lipinski definition) is 0. The highest BCUT2D eigenvalue weighted by atomic mass is 16.5. The Morgan fingerprint density at radius 2 is 2.33 bits per heavy atom. The molecule has 0 saturated carbocycles. The first-order valence-electron chi connectivity index (χ1n) is 5.67. The Labute approximate surface area is 105 Å². The van der Waals surface area contributed by atoms with Crippen molar-refractivity contribution < 1.29 is 13.9 Å². The van der Waals surface area contributed by atoms with Crippen LogP contribution in [0.15, 0.2) is 35.2 Å². The fraction of sp³-hybridized carbons (Fsp3) is 0.308. The fourth-order valence-electron chi connectivity index (χ4n) is 1.59. The maximum absolute atomic E-state index is 11.8. The average molecular weight is 246 g/mol. The van der Waals surface area contributed by atoms with Gasteiger partial charge in [-0.3, -0.25) is 4.79 Å². The molecule has 0 bridgehead atoms. The molecular formula is C13H14N2O3. The Bertz CT molecular complexity index is 509. The quantitative estimate of drug-likeness (QED) is 0.777. The molecule has 18 heavy (non-hydrogen) atoms. The van der Waals surface area contributed by atoms with Crippen LogP contribution >= 0.6 is 0 Å². The third kappa shape index (κ3) is 3.41. The van der Waals surface area contributed by atoms with Crippen LogP contribution in [0.4, 0.5) is 0 Å². The smallest absolute Gasteiger partial charge is 0.216 e. The van der Waals surface area contributed by atoms with Crippen molar-refractivity contribution in [3.8, 4) is 5.88 Å². The van der Waals surface area contributed by atoms with Gasteiger partial charge in [-0.2, -0.15) is 0 Å². The van der Waals surface area contributed by atoms with Gasteiger partial charge >= 0.3 is 0 Å². The molecule has 0 amide bonds. The summed E-state index contributed by atoms with van der Waals surface area (Å²) in [5, 5.41) is 0. The van der Waals surface area contributed by atoms with E-state index in [-0.39, 0.29) is 5.78 Å². The highest BCUT2D eigenvalue weighted by molar-refractivity contribution is 5.80. The summed E-state index contributed by atoms with van der Waals surface area (Å²) in [5.74, 6) is 1.41. The van der Waals surface area contributed by atoms with E-state index < -0.39 is 0 Å². The number of Topliss-reactive ketones (excluding diaryl/α,β-unsaturated/α-hetero) is 1. The van der Waals surface area contributed by atoms with Gasteiger partial charge in [0, 0.05) is 25.3 Å². The lowest BCUT2D eigenvalue weighted by atomic mass is 10.1. The van der Waals surface area contributed by atoms with E-state index >= 15 is 0 Å². The van der Waals surface area contributed by atoms with Crippen LogP contribution < -0.4 is 4.74 Å². The molecule has 5 heteroatoms. The minimum absolute atomic E-state index is 0.118. The van der Waals surface area contributed by atoms with Crippen LogP contribution in [-0.2, 0) is 17.6 Å². The molecule has 0 spiro atoms. The minimum atomic E-state index is 0.118. The van der Waals surface area contributed by atoms with Gasteiger partial charge in [0.1, 0.15) is 17.9 Å². The Kier molecular flexibility index (Phi) is 4.06. The topological polar surface area (TPSA) is 65.2 Å². The van der Waals surface area contributed by atoms with Crippen LogP contribution in [0.25, 0.3) is 0 Å². The van der Waals surface area contributed by atoms with E-state index in [0.29, 0.717) is 30.8 Å².